The van der Waals surface area contributed by atoms with Gasteiger partial charge in [-0.05, 0) is 36.4 Å². The molecule has 0 bridgehead atoms. The Hall–Kier alpha value is -1.08. The number of aromatic nitrogens is 1. The predicted molar refractivity (Wildman–Crippen MR) is 113 cm³/mol. The van der Waals surface area contributed by atoms with Crippen LogP contribution in [0.25, 0.3) is 0 Å². The highest BCUT2D eigenvalue weighted by molar-refractivity contribution is 5.85. The number of nitrogens with zero attached hydrogens (tertiary/aromatic N) is 2. The van der Waals surface area contributed by atoms with Crippen molar-refractivity contribution in [3.63, 3.8) is 0 Å². The Kier molecular flexibility index (Phi) is 10.4. The molecule has 27 heavy (non-hydrogen) atoms. The quantitative estimate of drug-likeness (QED) is 0.741. The Morgan fingerprint density at radius 2 is 1.89 bits per heavy atom. The second-order valence-electron chi connectivity index (χ2n) is 7.34. The van der Waals surface area contributed by atoms with Crippen molar-refractivity contribution in [1.29, 1.82) is 0 Å². The van der Waals surface area contributed by atoms with E-state index in [4.69, 9.17) is 10.5 Å². The lowest BCUT2D eigenvalue weighted by molar-refractivity contribution is -0.124. The van der Waals surface area contributed by atoms with Crippen molar-refractivity contribution >= 4 is 36.5 Å². The van der Waals surface area contributed by atoms with Gasteiger partial charge in [0.05, 0.1) is 13.2 Å². The molecule has 0 atom stereocenters. The number of hydrogen-bond acceptors (Lipinski definition) is 5. The molecule has 154 valence electrons. The largest absolute Gasteiger partial charge is 0.378 e. The molecule has 1 aliphatic heterocycles. The van der Waals surface area contributed by atoms with E-state index in [9.17, 15) is 4.79 Å². The summed E-state index contributed by atoms with van der Waals surface area (Å²) >= 11 is 0. The van der Waals surface area contributed by atoms with Gasteiger partial charge in [0.1, 0.15) is 5.82 Å². The second kappa shape index (κ2) is 11.7. The summed E-state index contributed by atoms with van der Waals surface area (Å²) in [5.41, 5.74) is 7.02. The molecule has 2 fully saturated rings. The molecule has 0 aromatic carbocycles. The summed E-state index contributed by atoms with van der Waals surface area (Å²) in [7, 11) is 0. The van der Waals surface area contributed by atoms with Crippen LogP contribution in [0.4, 0.5) is 5.82 Å². The van der Waals surface area contributed by atoms with Crippen LogP contribution in [0.15, 0.2) is 18.3 Å². The number of nitrogens with one attached hydrogen (secondary N) is 1. The molecule has 3 N–H and O–H groups in total. The zero-order valence-corrected chi connectivity index (χ0v) is 17.5. The van der Waals surface area contributed by atoms with E-state index in [0.717, 1.165) is 50.5 Å². The molecular formula is C19H32Cl2N4O2. The highest BCUT2D eigenvalue weighted by Crippen LogP contribution is 2.38. The summed E-state index contributed by atoms with van der Waals surface area (Å²) < 4.78 is 5.36. The van der Waals surface area contributed by atoms with Gasteiger partial charge in [0.15, 0.2) is 0 Å². The van der Waals surface area contributed by atoms with Crippen LogP contribution in [0, 0.1) is 5.41 Å². The number of rotatable bonds is 6. The molecule has 3 rings (SSSR count). The Morgan fingerprint density at radius 3 is 2.48 bits per heavy atom. The van der Waals surface area contributed by atoms with Crippen molar-refractivity contribution in [2.24, 2.45) is 11.1 Å². The van der Waals surface area contributed by atoms with Gasteiger partial charge in [-0.1, -0.05) is 25.3 Å². The molecule has 1 aromatic rings. The summed E-state index contributed by atoms with van der Waals surface area (Å²) in [6.07, 6.45) is 8.20. The van der Waals surface area contributed by atoms with Crippen LogP contribution in [-0.2, 0) is 16.1 Å². The molecule has 1 saturated carbocycles. The molecule has 0 spiro atoms. The summed E-state index contributed by atoms with van der Waals surface area (Å²) in [5, 5.41) is 3.04. The highest BCUT2D eigenvalue weighted by Gasteiger charge is 2.32. The molecular weight excluding hydrogens is 387 g/mol. The molecule has 2 aliphatic rings. The predicted octanol–water partition coefficient (Wildman–Crippen LogP) is 2.68. The van der Waals surface area contributed by atoms with Gasteiger partial charge < -0.3 is 20.7 Å². The van der Waals surface area contributed by atoms with Crippen molar-refractivity contribution in [1.82, 2.24) is 10.3 Å². The van der Waals surface area contributed by atoms with Crippen LogP contribution in [0.3, 0.4) is 0 Å². The molecule has 8 heteroatoms. The number of halogens is 2. The number of amides is 1. The number of pyridine rings is 1. The number of anilines is 1. The Bertz CT molecular complexity index is 559. The average molecular weight is 419 g/mol. The summed E-state index contributed by atoms with van der Waals surface area (Å²) in [4.78, 5) is 19.1. The van der Waals surface area contributed by atoms with Gasteiger partial charge in [0.25, 0.3) is 0 Å². The zero-order chi connectivity index (χ0) is 17.5. The summed E-state index contributed by atoms with van der Waals surface area (Å²) in [6.45, 7) is 4.39. The van der Waals surface area contributed by atoms with Gasteiger partial charge in [-0.15, -0.1) is 24.8 Å². The molecule has 6 nitrogen and oxygen atoms in total. The number of hydrogen-bond donors (Lipinski definition) is 2. The molecule has 1 amide bonds. The molecule has 1 aliphatic carbocycles. The van der Waals surface area contributed by atoms with E-state index in [2.05, 4.69) is 15.2 Å². The molecule has 1 saturated heterocycles. The monoisotopic (exact) mass is 418 g/mol. The first kappa shape index (κ1) is 24.0. The number of morpholine rings is 1. The zero-order valence-electron chi connectivity index (χ0n) is 15.8. The minimum Gasteiger partial charge on any atom is -0.378 e. The number of nitrogens with two attached hydrogens (primary N) is 1. The lowest BCUT2D eigenvalue weighted by Gasteiger charge is -2.35. The van der Waals surface area contributed by atoms with Crippen LogP contribution >= 0.6 is 24.8 Å². The third kappa shape index (κ3) is 6.79. The van der Waals surface area contributed by atoms with Gasteiger partial charge in [0.2, 0.25) is 5.91 Å². The fourth-order valence-corrected chi connectivity index (χ4v) is 3.86. The number of carbonyl (C=O) groups is 1. The fourth-order valence-electron chi connectivity index (χ4n) is 3.86. The summed E-state index contributed by atoms with van der Waals surface area (Å²) in [5.74, 6) is 1.08. The first-order valence-corrected chi connectivity index (χ1v) is 9.45. The fraction of sp³-hybridized carbons (Fsp3) is 0.684. The topological polar surface area (TPSA) is 80.5 Å². The van der Waals surface area contributed by atoms with E-state index >= 15 is 0 Å². The third-order valence-electron chi connectivity index (χ3n) is 5.52. The van der Waals surface area contributed by atoms with E-state index in [1.807, 2.05) is 18.3 Å². The van der Waals surface area contributed by atoms with Crippen molar-refractivity contribution in [2.75, 3.05) is 37.7 Å². The van der Waals surface area contributed by atoms with Crippen LogP contribution in [-0.4, -0.2) is 43.7 Å². The smallest absolute Gasteiger partial charge is 0.220 e. The second-order valence-corrected chi connectivity index (χ2v) is 7.34. The van der Waals surface area contributed by atoms with Crippen molar-refractivity contribution in [3.8, 4) is 0 Å². The number of ether oxygens (including phenoxy) is 1. The Balaban J connectivity index is 0.00000182. The SMILES string of the molecule is Cl.Cl.NCC1(CC(=O)NCc2ccc(N3CCOCC3)nc2)CCCCC1. The molecule has 0 radical (unpaired) electrons. The van der Waals surface area contributed by atoms with Crippen LogP contribution in [0.1, 0.15) is 44.1 Å². The van der Waals surface area contributed by atoms with Gasteiger partial charge in [-0.3, -0.25) is 4.79 Å². The molecule has 1 aromatic heterocycles. The van der Waals surface area contributed by atoms with Crippen LogP contribution < -0.4 is 16.0 Å². The van der Waals surface area contributed by atoms with E-state index in [1.54, 1.807) is 0 Å². The molecule has 2 heterocycles. The normalized spacial score (nSPS) is 18.8. The maximum Gasteiger partial charge on any atom is 0.220 e. The van der Waals surface area contributed by atoms with Gasteiger partial charge >= 0.3 is 0 Å². The maximum absolute atomic E-state index is 12.4. The van der Waals surface area contributed by atoms with E-state index < -0.39 is 0 Å². The minimum atomic E-state index is 0. The summed E-state index contributed by atoms with van der Waals surface area (Å²) in [6, 6.07) is 4.06. The first-order chi connectivity index (χ1) is 12.2. The lowest BCUT2D eigenvalue weighted by Crippen LogP contribution is -2.38. The van der Waals surface area contributed by atoms with E-state index in [-0.39, 0.29) is 36.1 Å². The van der Waals surface area contributed by atoms with Gasteiger partial charge in [-0.2, -0.15) is 0 Å². The van der Waals surface area contributed by atoms with E-state index in [0.29, 0.717) is 19.5 Å². The third-order valence-corrected chi connectivity index (χ3v) is 5.52. The van der Waals surface area contributed by atoms with Crippen molar-refractivity contribution < 1.29 is 9.53 Å². The lowest BCUT2D eigenvalue weighted by atomic mass is 9.71. The maximum atomic E-state index is 12.4. The Morgan fingerprint density at radius 1 is 1.19 bits per heavy atom. The van der Waals surface area contributed by atoms with Crippen molar-refractivity contribution in [3.05, 3.63) is 23.9 Å². The van der Waals surface area contributed by atoms with E-state index in [1.165, 1.54) is 19.3 Å². The highest BCUT2D eigenvalue weighted by atomic mass is 35.5. The van der Waals surface area contributed by atoms with Crippen LogP contribution in [0.5, 0.6) is 0 Å². The first-order valence-electron chi connectivity index (χ1n) is 9.45. The average Bonchev–Trinajstić information content (AvgIpc) is 2.68. The number of carbonyl (C=O) groups excluding carboxylic acids is 1. The standard InChI is InChI=1S/C19H30N4O2.2ClH/c20-15-19(6-2-1-3-7-19)12-18(24)22-14-16-4-5-17(21-13-16)23-8-10-25-11-9-23;;/h4-5,13H,1-3,6-12,14-15,20H2,(H,22,24);2*1H. The van der Waals surface area contributed by atoms with Gasteiger partial charge in [-0.25, -0.2) is 4.98 Å². The Labute approximate surface area is 174 Å². The molecule has 0 unspecified atom stereocenters. The van der Waals surface area contributed by atoms with Gasteiger partial charge in [0, 0.05) is 32.3 Å². The minimum absolute atomic E-state index is 0. The van der Waals surface area contributed by atoms with Crippen LogP contribution in [0.2, 0.25) is 0 Å². The van der Waals surface area contributed by atoms with Crippen molar-refractivity contribution in [2.45, 2.75) is 45.1 Å².